The van der Waals surface area contributed by atoms with Crippen molar-refractivity contribution in [3.05, 3.63) is 36.0 Å². The first-order chi connectivity index (χ1) is 6.81. The molecule has 0 amide bonds. The second-order valence-electron chi connectivity index (χ2n) is 3.08. The van der Waals surface area contributed by atoms with Gasteiger partial charge in [0.15, 0.2) is 5.76 Å². The van der Waals surface area contributed by atoms with Crippen molar-refractivity contribution >= 4 is 0 Å². The van der Waals surface area contributed by atoms with Crippen LogP contribution in [0.3, 0.4) is 0 Å². The molecule has 0 radical (unpaired) electrons. The van der Waals surface area contributed by atoms with Crippen molar-refractivity contribution in [2.24, 2.45) is 0 Å². The van der Waals surface area contributed by atoms with Gasteiger partial charge in [-0.2, -0.15) is 0 Å². The Labute approximate surface area is 82.0 Å². The summed E-state index contributed by atoms with van der Waals surface area (Å²) in [5, 5.41) is 12.9. The van der Waals surface area contributed by atoms with Crippen LogP contribution in [0.1, 0.15) is 12.5 Å². The summed E-state index contributed by atoms with van der Waals surface area (Å²) in [5.41, 5.74) is 2.02. The first-order valence-electron chi connectivity index (χ1n) is 4.54. The fourth-order valence-electron chi connectivity index (χ4n) is 1.36. The van der Waals surface area contributed by atoms with Crippen LogP contribution in [-0.4, -0.2) is 10.3 Å². The van der Waals surface area contributed by atoms with Gasteiger partial charge >= 0.3 is 0 Å². The van der Waals surface area contributed by atoms with Crippen LogP contribution in [0.2, 0.25) is 0 Å². The molecule has 1 aromatic heterocycles. The third-order valence-corrected chi connectivity index (χ3v) is 2.15. The van der Waals surface area contributed by atoms with Gasteiger partial charge in [-0.3, -0.25) is 0 Å². The summed E-state index contributed by atoms with van der Waals surface area (Å²) in [6, 6.07) is 6.90. The number of nitrogens with zero attached hydrogens (tertiary/aromatic N) is 1. The first kappa shape index (κ1) is 8.81. The zero-order valence-electron chi connectivity index (χ0n) is 7.90. The van der Waals surface area contributed by atoms with E-state index in [2.05, 4.69) is 12.1 Å². The van der Waals surface area contributed by atoms with Crippen LogP contribution in [0, 0.1) is 0 Å². The Balaban J connectivity index is 2.44. The fraction of sp³-hybridized carbons (Fsp3) is 0.182. The van der Waals surface area contributed by atoms with Crippen LogP contribution in [0.4, 0.5) is 0 Å². The molecule has 0 saturated heterocycles. The summed E-state index contributed by atoms with van der Waals surface area (Å²) >= 11 is 0. The summed E-state index contributed by atoms with van der Waals surface area (Å²) in [7, 11) is 0. The number of hydrogen-bond donors (Lipinski definition) is 1. The van der Waals surface area contributed by atoms with E-state index in [4.69, 9.17) is 9.63 Å². The number of phenols is 1. The third kappa shape index (κ3) is 1.48. The molecule has 1 heterocycles. The molecule has 1 aromatic carbocycles. The highest BCUT2D eigenvalue weighted by atomic mass is 16.5. The van der Waals surface area contributed by atoms with Gasteiger partial charge in [0.25, 0.3) is 0 Å². The van der Waals surface area contributed by atoms with E-state index in [1.54, 1.807) is 18.3 Å². The average Bonchev–Trinajstić information content (AvgIpc) is 2.67. The summed E-state index contributed by atoms with van der Waals surface area (Å²) in [6.45, 7) is 2.05. The van der Waals surface area contributed by atoms with E-state index in [0.717, 1.165) is 23.3 Å². The van der Waals surface area contributed by atoms with Crippen molar-refractivity contribution in [3.8, 4) is 17.1 Å². The second-order valence-corrected chi connectivity index (χ2v) is 3.08. The molecule has 0 bridgehead atoms. The zero-order chi connectivity index (χ0) is 9.97. The van der Waals surface area contributed by atoms with Gasteiger partial charge in [-0.15, -0.1) is 0 Å². The minimum atomic E-state index is 0.256. The number of benzene rings is 1. The molecular formula is C11H11NO2. The van der Waals surface area contributed by atoms with E-state index in [1.165, 1.54) is 0 Å². The molecule has 3 heteroatoms. The molecule has 2 aromatic rings. The standard InChI is InChI=1S/C11H11NO2/c1-2-8-7-12-14-11(8)9-3-5-10(13)6-4-9/h3-7,13H,2H2,1H3. The van der Waals surface area contributed by atoms with Crippen molar-refractivity contribution in [3.63, 3.8) is 0 Å². The predicted molar refractivity (Wildman–Crippen MR) is 53.0 cm³/mol. The van der Waals surface area contributed by atoms with Gasteiger partial charge in [0.05, 0.1) is 6.20 Å². The van der Waals surface area contributed by atoms with Crippen molar-refractivity contribution in [1.82, 2.24) is 5.16 Å². The van der Waals surface area contributed by atoms with Crippen molar-refractivity contribution in [1.29, 1.82) is 0 Å². The average molecular weight is 189 g/mol. The van der Waals surface area contributed by atoms with E-state index in [-0.39, 0.29) is 5.75 Å². The van der Waals surface area contributed by atoms with Gasteiger partial charge in [0.1, 0.15) is 5.75 Å². The quantitative estimate of drug-likeness (QED) is 0.789. The van der Waals surface area contributed by atoms with Crippen LogP contribution in [-0.2, 0) is 6.42 Å². The molecule has 0 atom stereocenters. The monoisotopic (exact) mass is 189 g/mol. The molecule has 0 aliphatic carbocycles. The highest BCUT2D eigenvalue weighted by Gasteiger charge is 2.08. The summed E-state index contributed by atoms with van der Waals surface area (Å²) in [6.07, 6.45) is 2.61. The Hall–Kier alpha value is -1.77. The molecule has 0 spiro atoms. The van der Waals surface area contributed by atoms with E-state index in [0.29, 0.717) is 0 Å². The lowest BCUT2D eigenvalue weighted by Gasteiger charge is -1.98. The van der Waals surface area contributed by atoms with E-state index >= 15 is 0 Å². The Morgan fingerprint density at radius 2 is 2.00 bits per heavy atom. The lowest BCUT2D eigenvalue weighted by atomic mass is 10.1. The van der Waals surface area contributed by atoms with Gasteiger partial charge in [0.2, 0.25) is 0 Å². The topological polar surface area (TPSA) is 46.3 Å². The maximum atomic E-state index is 9.13. The smallest absolute Gasteiger partial charge is 0.169 e. The van der Waals surface area contributed by atoms with Crippen LogP contribution in [0.15, 0.2) is 35.0 Å². The summed E-state index contributed by atoms with van der Waals surface area (Å²) in [4.78, 5) is 0. The Bertz CT molecular complexity index is 417. The highest BCUT2D eigenvalue weighted by molar-refractivity contribution is 5.61. The number of aryl methyl sites for hydroxylation is 1. The van der Waals surface area contributed by atoms with Crippen LogP contribution < -0.4 is 0 Å². The zero-order valence-corrected chi connectivity index (χ0v) is 7.90. The first-order valence-corrected chi connectivity index (χ1v) is 4.54. The van der Waals surface area contributed by atoms with Crippen molar-refractivity contribution < 1.29 is 9.63 Å². The van der Waals surface area contributed by atoms with Crippen LogP contribution in [0.25, 0.3) is 11.3 Å². The minimum absolute atomic E-state index is 0.256. The van der Waals surface area contributed by atoms with Crippen molar-refractivity contribution in [2.75, 3.05) is 0 Å². The van der Waals surface area contributed by atoms with Crippen molar-refractivity contribution in [2.45, 2.75) is 13.3 Å². The van der Waals surface area contributed by atoms with Gasteiger partial charge in [-0.05, 0) is 30.7 Å². The van der Waals surface area contributed by atoms with E-state index in [1.807, 2.05) is 12.1 Å². The van der Waals surface area contributed by atoms with Gasteiger partial charge < -0.3 is 9.63 Å². The number of aromatic nitrogens is 1. The summed E-state index contributed by atoms with van der Waals surface area (Å²) in [5.74, 6) is 1.04. The lowest BCUT2D eigenvalue weighted by molar-refractivity contribution is 0.431. The molecule has 3 nitrogen and oxygen atoms in total. The van der Waals surface area contributed by atoms with Gasteiger partial charge in [-0.25, -0.2) is 0 Å². The Morgan fingerprint density at radius 3 is 2.64 bits per heavy atom. The molecule has 0 aliphatic rings. The molecule has 2 rings (SSSR count). The van der Waals surface area contributed by atoms with Crippen LogP contribution in [0.5, 0.6) is 5.75 Å². The normalized spacial score (nSPS) is 10.4. The predicted octanol–water partition coefficient (Wildman–Crippen LogP) is 2.61. The second kappa shape index (κ2) is 3.54. The number of aromatic hydroxyl groups is 1. The molecular weight excluding hydrogens is 178 g/mol. The molecule has 72 valence electrons. The fourth-order valence-corrected chi connectivity index (χ4v) is 1.36. The lowest BCUT2D eigenvalue weighted by Crippen LogP contribution is -1.80. The molecule has 14 heavy (non-hydrogen) atoms. The Morgan fingerprint density at radius 1 is 1.29 bits per heavy atom. The molecule has 0 unspecified atom stereocenters. The number of phenolic OH excluding ortho intramolecular Hbond substituents is 1. The SMILES string of the molecule is CCc1cnoc1-c1ccc(O)cc1. The minimum Gasteiger partial charge on any atom is -0.508 e. The van der Waals surface area contributed by atoms with Gasteiger partial charge in [0, 0.05) is 11.1 Å². The maximum absolute atomic E-state index is 9.13. The molecule has 0 aliphatic heterocycles. The summed E-state index contributed by atoms with van der Waals surface area (Å²) < 4.78 is 5.15. The molecule has 0 saturated carbocycles. The van der Waals surface area contributed by atoms with E-state index in [9.17, 15) is 0 Å². The largest absolute Gasteiger partial charge is 0.508 e. The van der Waals surface area contributed by atoms with Gasteiger partial charge in [-0.1, -0.05) is 12.1 Å². The number of hydrogen-bond acceptors (Lipinski definition) is 3. The van der Waals surface area contributed by atoms with E-state index < -0.39 is 0 Å². The maximum Gasteiger partial charge on any atom is 0.169 e. The third-order valence-electron chi connectivity index (χ3n) is 2.15. The molecule has 0 fully saturated rings. The van der Waals surface area contributed by atoms with Crippen LogP contribution >= 0.6 is 0 Å². The molecule has 1 N–H and O–H groups in total. The Kier molecular flexibility index (Phi) is 2.23. The number of rotatable bonds is 2. The highest BCUT2D eigenvalue weighted by Crippen LogP contribution is 2.25.